The maximum absolute atomic E-state index is 10.9. The quantitative estimate of drug-likeness (QED) is 0.481. The number of hydrogen-bond acceptors (Lipinski definition) is 2. The Morgan fingerprint density at radius 2 is 2.00 bits per heavy atom. The van der Waals surface area contributed by atoms with Gasteiger partial charge in [-0.2, -0.15) is 0 Å². The Kier molecular flexibility index (Phi) is 2.32. The number of nitrogens with one attached hydrogen (secondary N) is 1. The molecule has 1 fully saturated rings. The Morgan fingerprint density at radius 3 is 2.45 bits per heavy atom. The van der Waals surface area contributed by atoms with Gasteiger partial charge in [-0.3, -0.25) is 14.9 Å². The van der Waals surface area contributed by atoms with Crippen LogP contribution >= 0.6 is 34.8 Å². The Hall–Kier alpha value is 0.01000. The second kappa shape index (κ2) is 2.81. The van der Waals surface area contributed by atoms with Gasteiger partial charge in [-0.25, -0.2) is 0 Å². The molecule has 0 aliphatic carbocycles. The van der Waals surface area contributed by atoms with Crippen LogP contribution in [0.3, 0.4) is 0 Å². The molecule has 0 bridgehead atoms. The third-order valence-corrected chi connectivity index (χ3v) is 2.89. The molecule has 0 aromatic rings. The van der Waals surface area contributed by atoms with Gasteiger partial charge in [0.15, 0.2) is 0 Å². The highest BCUT2D eigenvalue weighted by molar-refractivity contribution is 6.62. The summed E-state index contributed by atoms with van der Waals surface area (Å²) in [5.41, 5.74) is 0. The molecule has 0 radical (unpaired) electrons. The van der Waals surface area contributed by atoms with Gasteiger partial charge in [0.05, 0.1) is 5.38 Å². The van der Waals surface area contributed by atoms with Crippen LogP contribution in [0.15, 0.2) is 0 Å². The van der Waals surface area contributed by atoms with E-state index in [-0.39, 0.29) is 6.42 Å². The van der Waals surface area contributed by atoms with Crippen molar-refractivity contribution in [3.8, 4) is 0 Å². The van der Waals surface area contributed by atoms with Crippen LogP contribution in [0.2, 0.25) is 0 Å². The first-order chi connectivity index (χ1) is 4.94. The zero-order valence-electron chi connectivity index (χ0n) is 5.23. The molecule has 1 aliphatic rings. The molecule has 11 heavy (non-hydrogen) atoms. The third-order valence-electron chi connectivity index (χ3n) is 1.31. The molecule has 3 nitrogen and oxygen atoms in total. The maximum Gasteiger partial charge on any atom is 0.264 e. The second-order valence-corrected chi connectivity index (χ2v) is 4.08. The second-order valence-electron chi connectivity index (χ2n) is 2.17. The van der Waals surface area contributed by atoms with Crippen molar-refractivity contribution in [2.75, 3.05) is 0 Å². The van der Waals surface area contributed by atoms with Crippen LogP contribution < -0.4 is 5.32 Å². The van der Waals surface area contributed by atoms with E-state index in [0.717, 1.165) is 0 Å². The molecule has 1 rings (SSSR count). The fourth-order valence-corrected chi connectivity index (χ4v) is 1.18. The first kappa shape index (κ1) is 9.10. The van der Waals surface area contributed by atoms with Crippen molar-refractivity contribution in [3.05, 3.63) is 0 Å². The van der Waals surface area contributed by atoms with E-state index < -0.39 is 21.5 Å². The monoisotopic (exact) mass is 215 g/mol. The average molecular weight is 216 g/mol. The number of halogens is 3. The predicted molar refractivity (Wildman–Crippen MR) is 41.8 cm³/mol. The largest absolute Gasteiger partial charge is 0.294 e. The lowest BCUT2D eigenvalue weighted by atomic mass is 10.1. The summed E-state index contributed by atoms with van der Waals surface area (Å²) < 4.78 is -1.69. The van der Waals surface area contributed by atoms with E-state index in [1.807, 2.05) is 5.32 Å². The summed E-state index contributed by atoms with van der Waals surface area (Å²) in [6.45, 7) is 0. The predicted octanol–water partition coefficient (Wildman–Crippen LogP) is 0.814. The SMILES string of the molecule is O=C1CC(Cl)C(Cl)(Cl)C(=O)N1. The summed E-state index contributed by atoms with van der Waals surface area (Å²) in [4.78, 5) is 21.5. The van der Waals surface area contributed by atoms with Crippen molar-refractivity contribution in [2.24, 2.45) is 0 Å². The molecular formula is C5H4Cl3NO2. The normalized spacial score (nSPS) is 29.9. The van der Waals surface area contributed by atoms with Gasteiger partial charge in [0.25, 0.3) is 5.91 Å². The number of piperidine rings is 1. The van der Waals surface area contributed by atoms with Crippen LogP contribution in [0.5, 0.6) is 0 Å². The van der Waals surface area contributed by atoms with Gasteiger partial charge in [0.2, 0.25) is 10.2 Å². The molecule has 6 heteroatoms. The van der Waals surface area contributed by atoms with Crippen molar-refractivity contribution in [1.82, 2.24) is 5.32 Å². The van der Waals surface area contributed by atoms with Gasteiger partial charge in [-0.1, -0.05) is 23.2 Å². The molecule has 0 aromatic heterocycles. The van der Waals surface area contributed by atoms with Crippen molar-refractivity contribution in [3.63, 3.8) is 0 Å². The molecule has 0 saturated carbocycles. The summed E-state index contributed by atoms with van der Waals surface area (Å²) in [5.74, 6) is -1.20. The number of carbonyl (C=O) groups is 2. The van der Waals surface area contributed by atoms with Crippen molar-refractivity contribution >= 4 is 46.6 Å². The topological polar surface area (TPSA) is 46.2 Å². The number of carbonyl (C=O) groups excluding carboxylic acids is 2. The first-order valence-corrected chi connectivity index (χ1v) is 4.00. The average Bonchev–Trinajstić information content (AvgIpc) is 1.84. The minimum absolute atomic E-state index is 0.0414. The summed E-state index contributed by atoms with van der Waals surface area (Å²) in [6, 6.07) is 0. The zero-order chi connectivity index (χ0) is 8.65. The minimum atomic E-state index is -1.69. The molecule has 1 N–H and O–H groups in total. The van der Waals surface area contributed by atoms with E-state index in [1.54, 1.807) is 0 Å². The smallest absolute Gasteiger partial charge is 0.264 e. The van der Waals surface area contributed by atoms with E-state index in [0.29, 0.717) is 0 Å². The van der Waals surface area contributed by atoms with E-state index >= 15 is 0 Å². The highest BCUT2D eigenvalue weighted by Crippen LogP contribution is 2.34. The first-order valence-electron chi connectivity index (χ1n) is 2.80. The zero-order valence-corrected chi connectivity index (χ0v) is 7.50. The Labute approximate surface area is 78.0 Å². The standard InChI is InChI=1S/C5H4Cl3NO2/c6-2-1-3(10)9-4(11)5(2,7)8/h2H,1H2,(H,9,10,11). The molecule has 1 aliphatic heterocycles. The summed E-state index contributed by atoms with van der Waals surface area (Å²) >= 11 is 16.6. The van der Waals surface area contributed by atoms with Crippen molar-refractivity contribution < 1.29 is 9.59 Å². The fourth-order valence-electron chi connectivity index (χ4n) is 0.694. The number of rotatable bonds is 0. The Balaban J connectivity index is 2.84. The highest BCUT2D eigenvalue weighted by atomic mass is 35.5. The molecule has 62 valence electrons. The van der Waals surface area contributed by atoms with Gasteiger partial charge in [-0.05, 0) is 0 Å². The highest BCUT2D eigenvalue weighted by Gasteiger charge is 2.46. The number of amides is 2. The van der Waals surface area contributed by atoms with Gasteiger partial charge < -0.3 is 0 Å². The third kappa shape index (κ3) is 1.60. The maximum atomic E-state index is 10.9. The lowest BCUT2D eigenvalue weighted by molar-refractivity contribution is -0.133. The van der Waals surface area contributed by atoms with Gasteiger partial charge >= 0.3 is 0 Å². The molecule has 0 aromatic carbocycles. The molecule has 1 unspecified atom stereocenters. The number of imide groups is 1. The molecule has 1 atom stereocenters. The van der Waals surface area contributed by atoms with Crippen LogP contribution in [-0.2, 0) is 9.59 Å². The van der Waals surface area contributed by atoms with E-state index in [9.17, 15) is 9.59 Å². The number of alkyl halides is 3. The van der Waals surface area contributed by atoms with E-state index in [2.05, 4.69) is 0 Å². The van der Waals surface area contributed by atoms with Gasteiger partial charge in [-0.15, -0.1) is 11.6 Å². The van der Waals surface area contributed by atoms with E-state index in [1.165, 1.54) is 0 Å². The number of hydrogen-bond donors (Lipinski definition) is 1. The van der Waals surface area contributed by atoms with Crippen LogP contribution in [0, 0.1) is 0 Å². The van der Waals surface area contributed by atoms with Gasteiger partial charge in [0, 0.05) is 6.42 Å². The van der Waals surface area contributed by atoms with Crippen molar-refractivity contribution in [2.45, 2.75) is 16.1 Å². The molecule has 1 heterocycles. The van der Waals surface area contributed by atoms with Crippen LogP contribution in [0.4, 0.5) is 0 Å². The van der Waals surface area contributed by atoms with Crippen LogP contribution in [0.25, 0.3) is 0 Å². The lowest BCUT2D eigenvalue weighted by Gasteiger charge is -2.27. The summed E-state index contributed by atoms with van der Waals surface area (Å²) in [5, 5.41) is 1.12. The van der Waals surface area contributed by atoms with Crippen LogP contribution in [0.1, 0.15) is 6.42 Å². The van der Waals surface area contributed by atoms with E-state index in [4.69, 9.17) is 34.8 Å². The molecule has 2 amide bonds. The van der Waals surface area contributed by atoms with Crippen LogP contribution in [-0.4, -0.2) is 21.5 Å². The van der Waals surface area contributed by atoms with Gasteiger partial charge in [0.1, 0.15) is 0 Å². The summed E-state index contributed by atoms with van der Waals surface area (Å²) in [7, 11) is 0. The lowest BCUT2D eigenvalue weighted by Crippen LogP contribution is -2.53. The Bertz CT molecular complexity index is 216. The molecular weight excluding hydrogens is 212 g/mol. The Morgan fingerprint density at radius 1 is 1.45 bits per heavy atom. The summed E-state index contributed by atoms with van der Waals surface area (Å²) in [6.07, 6.45) is -0.0414. The van der Waals surface area contributed by atoms with Crippen molar-refractivity contribution in [1.29, 1.82) is 0 Å². The molecule has 1 saturated heterocycles. The molecule has 0 spiro atoms. The minimum Gasteiger partial charge on any atom is -0.294 e. The fraction of sp³-hybridized carbons (Fsp3) is 0.600.